The molecular weight excluding hydrogens is 180 g/mol. The first-order valence-electron chi connectivity index (χ1n) is 5.10. The van der Waals surface area contributed by atoms with E-state index in [0.717, 1.165) is 19.4 Å². The highest BCUT2D eigenvalue weighted by Gasteiger charge is 2.28. The standard InChI is InChI=1S/C10H20N2O2/c1-10(2,14)7-11-9(13)8-5-4-6-12(8)3/h8,14H,4-7H2,1-3H3,(H,11,13). The lowest BCUT2D eigenvalue weighted by atomic mass is 10.1. The number of carbonyl (C=O) groups excluding carboxylic acids is 1. The minimum atomic E-state index is -0.827. The molecule has 2 N–H and O–H groups in total. The highest BCUT2D eigenvalue weighted by Crippen LogP contribution is 2.14. The highest BCUT2D eigenvalue weighted by molar-refractivity contribution is 5.82. The summed E-state index contributed by atoms with van der Waals surface area (Å²) >= 11 is 0. The fraction of sp³-hybridized carbons (Fsp3) is 0.900. The van der Waals surface area contributed by atoms with E-state index in [1.54, 1.807) is 13.8 Å². The lowest BCUT2D eigenvalue weighted by Gasteiger charge is -2.22. The Hall–Kier alpha value is -0.610. The number of aliphatic hydroxyl groups is 1. The van der Waals surface area contributed by atoms with Crippen LogP contribution in [0, 0.1) is 0 Å². The van der Waals surface area contributed by atoms with Crippen molar-refractivity contribution in [2.45, 2.75) is 38.3 Å². The van der Waals surface area contributed by atoms with Gasteiger partial charge in [-0.2, -0.15) is 0 Å². The summed E-state index contributed by atoms with van der Waals surface area (Å²) < 4.78 is 0. The number of likely N-dealkylation sites (N-methyl/N-ethyl adjacent to an activating group) is 1. The average Bonchev–Trinajstić information content (AvgIpc) is 2.46. The molecule has 1 saturated heterocycles. The van der Waals surface area contributed by atoms with E-state index < -0.39 is 5.60 Å². The first-order valence-corrected chi connectivity index (χ1v) is 5.10. The van der Waals surface area contributed by atoms with Crippen LogP contribution in [0.3, 0.4) is 0 Å². The Morgan fingerprint density at radius 2 is 2.29 bits per heavy atom. The maximum atomic E-state index is 11.6. The van der Waals surface area contributed by atoms with E-state index in [1.807, 2.05) is 7.05 Å². The molecule has 1 rings (SSSR count). The second-order valence-corrected chi connectivity index (χ2v) is 4.67. The quantitative estimate of drug-likeness (QED) is 0.672. The summed E-state index contributed by atoms with van der Waals surface area (Å²) in [7, 11) is 1.96. The Kier molecular flexibility index (Phi) is 3.50. The first-order chi connectivity index (χ1) is 6.40. The van der Waals surface area contributed by atoms with E-state index in [-0.39, 0.29) is 11.9 Å². The number of nitrogens with one attached hydrogen (secondary N) is 1. The molecular formula is C10H20N2O2. The molecule has 1 aliphatic heterocycles. The van der Waals surface area contributed by atoms with Crippen molar-refractivity contribution < 1.29 is 9.90 Å². The van der Waals surface area contributed by atoms with Gasteiger partial charge in [0, 0.05) is 6.54 Å². The number of hydrogen-bond donors (Lipinski definition) is 2. The molecule has 1 amide bonds. The number of nitrogens with zero attached hydrogens (tertiary/aromatic N) is 1. The van der Waals surface area contributed by atoms with Crippen molar-refractivity contribution in [2.24, 2.45) is 0 Å². The van der Waals surface area contributed by atoms with E-state index >= 15 is 0 Å². The molecule has 1 fully saturated rings. The summed E-state index contributed by atoms with van der Waals surface area (Å²) in [5.41, 5.74) is -0.827. The van der Waals surface area contributed by atoms with Crippen molar-refractivity contribution in [2.75, 3.05) is 20.1 Å². The molecule has 4 heteroatoms. The summed E-state index contributed by atoms with van der Waals surface area (Å²) in [5, 5.41) is 12.2. The third-order valence-corrected chi connectivity index (χ3v) is 2.52. The Labute approximate surface area is 85.3 Å². The lowest BCUT2D eigenvalue weighted by molar-refractivity contribution is -0.126. The lowest BCUT2D eigenvalue weighted by Crippen LogP contribution is -2.46. The number of rotatable bonds is 3. The molecule has 1 unspecified atom stereocenters. The molecule has 0 aromatic carbocycles. The summed E-state index contributed by atoms with van der Waals surface area (Å²) in [5.74, 6) is 0.0344. The van der Waals surface area contributed by atoms with Crippen LogP contribution in [-0.2, 0) is 4.79 Å². The van der Waals surface area contributed by atoms with Crippen LogP contribution in [0.1, 0.15) is 26.7 Å². The van der Waals surface area contributed by atoms with Gasteiger partial charge in [0.05, 0.1) is 11.6 Å². The third kappa shape index (κ3) is 3.27. The third-order valence-electron chi connectivity index (χ3n) is 2.52. The van der Waals surface area contributed by atoms with Gasteiger partial charge in [0.2, 0.25) is 5.91 Å². The molecule has 14 heavy (non-hydrogen) atoms. The topological polar surface area (TPSA) is 52.6 Å². The summed E-state index contributed by atoms with van der Waals surface area (Å²) in [4.78, 5) is 13.7. The van der Waals surface area contributed by atoms with Crippen LogP contribution in [0.4, 0.5) is 0 Å². The van der Waals surface area contributed by atoms with Gasteiger partial charge in [0.1, 0.15) is 0 Å². The molecule has 1 heterocycles. The van der Waals surface area contributed by atoms with Gasteiger partial charge in [0.15, 0.2) is 0 Å². The molecule has 1 aliphatic rings. The first kappa shape index (κ1) is 11.5. The monoisotopic (exact) mass is 200 g/mol. The van der Waals surface area contributed by atoms with Gasteiger partial charge in [-0.05, 0) is 40.3 Å². The Bertz CT molecular complexity index is 211. The second kappa shape index (κ2) is 4.28. The molecule has 0 radical (unpaired) electrons. The van der Waals surface area contributed by atoms with Gasteiger partial charge in [-0.15, -0.1) is 0 Å². The Morgan fingerprint density at radius 1 is 1.64 bits per heavy atom. The minimum absolute atomic E-state index is 0.00245. The molecule has 1 atom stereocenters. The van der Waals surface area contributed by atoms with E-state index in [2.05, 4.69) is 10.2 Å². The summed E-state index contributed by atoms with van der Waals surface area (Å²) in [6.07, 6.45) is 2.01. The zero-order valence-electron chi connectivity index (χ0n) is 9.21. The Balaban J connectivity index is 2.35. The zero-order chi connectivity index (χ0) is 10.8. The van der Waals surface area contributed by atoms with Crippen molar-refractivity contribution in [3.63, 3.8) is 0 Å². The fourth-order valence-electron chi connectivity index (χ4n) is 1.66. The largest absolute Gasteiger partial charge is 0.389 e. The van der Waals surface area contributed by atoms with Crippen LogP contribution < -0.4 is 5.32 Å². The van der Waals surface area contributed by atoms with E-state index in [4.69, 9.17) is 0 Å². The molecule has 0 spiro atoms. The predicted octanol–water partition coefficient (Wildman–Crippen LogP) is -0.0323. The number of likely N-dealkylation sites (tertiary alicyclic amines) is 1. The molecule has 0 saturated carbocycles. The molecule has 4 nitrogen and oxygen atoms in total. The normalized spacial score (nSPS) is 23.9. The maximum absolute atomic E-state index is 11.6. The van der Waals surface area contributed by atoms with Gasteiger partial charge < -0.3 is 10.4 Å². The van der Waals surface area contributed by atoms with Crippen molar-refractivity contribution in [3.05, 3.63) is 0 Å². The fourth-order valence-corrected chi connectivity index (χ4v) is 1.66. The van der Waals surface area contributed by atoms with E-state index in [9.17, 15) is 9.90 Å². The minimum Gasteiger partial charge on any atom is -0.389 e. The average molecular weight is 200 g/mol. The van der Waals surface area contributed by atoms with Gasteiger partial charge in [0.25, 0.3) is 0 Å². The van der Waals surface area contributed by atoms with Crippen molar-refractivity contribution in [3.8, 4) is 0 Å². The molecule has 0 aromatic rings. The maximum Gasteiger partial charge on any atom is 0.237 e. The second-order valence-electron chi connectivity index (χ2n) is 4.67. The SMILES string of the molecule is CN1CCCC1C(=O)NCC(C)(C)O. The number of amides is 1. The van der Waals surface area contributed by atoms with Crippen LogP contribution in [0.15, 0.2) is 0 Å². The Morgan fingerprint density at radius 3 is 2.71 bits per heavy atom. The van der Waals surface area contributed by atoms with E-state index in [0.29, 0.717) is 6.54 Å². The van der Waals surface area contributed by atoms with Crippen LogP contribution in [0.2, 0.25) is 0 Å². The smallest absolute Gasteiger partial charge is 0.237 e. The predicted molar refractivity (Wildman–Crippen MR) is 55.0 cm³/mol. The number of hydrogen-bond acceptors (Lipinski definition) is 3. The van der Waals surface area contributed by atoms with Gasteiger partial charge in [-0.25, -0.2) is 0 Å². The number of carbonyl (C=O) groups is 1. The van der Waals surface area contributed by atoms with Crippen LogP contribution in [0.25, 0.3) is 0 Å². The van der Waals surface area contributed by atoms with E-state index in [1.165, 1.54) is 0 Å². The van der Waals surface area contributed by atoms with Crippen LogP contribution in [0.5, 0.6) is 0 Å². The van der Waals surface area contributed by atoms with Crippen molar-refractivity contribution in [1.29, 1.82) is 0 Å². The van der Waals surface area contributed by atoms with Crippen molar-refractivity contribution in [1.82, 2.24) is 10.2 Å². The van der Waals surface area contributed by atoms with Gasteiger partial charge in [-0.1, -0.05) is 0 Å². The summed E-state index contributed by atoms with van der Waals surface area (Å²) in [6.45, 7) is 4.67. The molecule has 0 aromatic heterocycles. The van der Waals surface area contributed by atoms with Gasteiger partial charge in [-0.3, -0.25) is 9.69 Å². The molecule has 0 bridgehead atoms. The molecule has 0 aliphatic carbocycles. The summed E-state index contributed by atoms with van der Waals surface area (Å²) in [6, 6.07) is -0.00245. The van der Waals surface area contributed by atoms with Crippen molar-refractivity contribution >= 4 is 5.91 Å². The highest BCUT2D eigenvalue weighted by atomic mass is 16.3. The van der Waals surface area contributed by atoms with Gasteiger partial charge >= 0.3 is 0 Å². The zero-order valence-corrected chi connectivity index (χ0v) is 9.21. The molecule has 82 valence electrons. The van der Waals surface area contributed by atoms with Crippen LogP contribution >= 0.6 is 0 Å². The van der Waals surface area contributed by atoms with Crippen LogP contribution in [-0.4, -0.2) is 47.7 Å².